The third-order valence-corrected chi connectivity index (χ3v) is 5.37. The minimum absolute atomic E-state index is 0.00486. The van der Waals surface area contributed by atoms with Gasteiger partial charge in [-0.3, -0.25) is 4.79 Å². The molecule has 2 aromatic carbocycles. The highest BCUT2D eigenvalue weighted by atomic mass is 19.1. The quantitative estimate of drug-likeness (QED) is 0.732. The summed E-state index contributed by atoms with van der Waals surface area (Å²) in [6.07, 6.45) is 0.563. The molecule has 3 amide bonds. The van der Waals surface area contributed by atoms with E-state index in [0.29, 0.717) is 43.7 Å². The Morgan fingerprint density at radius 3 is 2.40 bits per heavy atom. The van der Waals surface area contributed by atoms with Crippen molar-refractivity contribution < 1.29 is 27.8 Å². The van der Waals surface area contributed by atoms with Gasteiger partial charge in [-0.1, -0.05) is 0 Å². The van der Waals surface area contributed by atoms with Crippen molar-refractivity contribution >= 4 is 17.6 Å². The Morgan fingerprint density at radius 1 is 1.03 bits per heavy atom. The van der Waals surface area contributed by atoms with E-state index in [9.17, 15) is 18.4 Å². The van der Waals surface area contributed by atoms with Crippen LogP contribution in [0.25, 0.3) is 0 Å². The van der Waals surface area contributed by atoms with Crippen LogP contribution in [-0.2, 0) is 11.2 Å². The Hall–Kier alpha value is -3.16. The second-order valence-electron chi connectivity index (χ2n) is 7.13. The van der Waals surface area contributed by atoms with Gasteiger partial charge in [0.2, 0.25) is 5.91 Å². The fraction of sp³-hybridized carbons (Fsp3) is 0.364. The average molecular weight is 416 g/mol. The number of anilines is 1. The van der Waals surface area contributed by atoms with Gasteiger partial charge >= 0.3 is 6.03 Å². The normalized spacial score (nSPS) is 18.2. The minimum atomic E-state index is -0.951. The molecular weight excluding hydrogens is 394 g/mol. The van der Waals surface area contributed by atoms with Gasteiger partial charge in [0, 0.05) is 12.6 Å². The summed E-state index contributed by atoms with van der Waals surface area (Å²) in [6.45, 7) is 5.07. The molecule has 0 saturated carbocycles. The van der Waals surface area contributed by atoms with E-state index in [0.717, 1.165) is 28.2 Å². The van der Waals surface area contributed by atoms with Crippen LogP contribution in [0.4, 0.5) is 19.3 Å². The first kappa shape index (κ1) is 20.1. The molecule has 0 spiro atoms. The molecule has 2 aliphatic heterocycles. The predicted molar refractivity (Wildman–Crippen MR) is 106 cm³/mol. The number of carbonyl (C=O) groups is 2. The maximum atomic E-state index is 14.3. The van der Waals surface area contributed by atoms with Crippen LogP contribution in [0.2, 0.25) is 0 Å². The molecule has 0 unspecified atom stereocenters. The summed E-state index contributed by atoms with van der Waals surface area (Å²) in [6, 6.07) is 5.46. The number of amides is 3. The van der Waals surface area contributed by atoms with Crippen molar-refractivity contribution in [2.75, 3.05) is 24.7 Å². The van der Waals surface area contributed by atoms with Crippen molar-refractivity contribution in [1.82, 2.24) is 4.90 Å². The number of halogens is 2. The van der Waals surface area contributed by atoms with Crippen LogP contribution in [0.15, 0.2) is 30.3 Å². The monoisotopic (exact) mass is 416 g/mol. The molecule has 158 valence electrons. The number of urea groups is 1. The summed E-state index contributed by atoms with van der Waals surface area (Å²) in [5.74, 6) is -1.06. The molecule has 0 radical (unpaired) electrons. The van der Waals surface area contributed by atoms with Gasteiger partial charge < -0.3 is 14.4 Å². The maximum Gasteiger partial charge on any atom is 0.331 e. The first-order chi connectivity index (χ1) is 14.4. The zero-order valence-corrected chi connectivity index (χ0v) is 16.8. The van der Waals surface area contributed by atoms with Crippen molar-refractivity contribution in [1.29, 1.82) is 0 Å². The summed E-state index contributed by atoms with van der Waals surface area (Å²) in [4.78, 5) is 28.3. The Balaban J connectivity index is 1.70. The zero-order valence-electron chi connectivity index (χ0n) is 16.8. The number of imide groups is 1. The highest BCUT2D eigenvalue weighted by Gasteiger charge is 2.43. The van der Waals surface area contributed by atoms with Crippen molar-refractivity contribution in [2.45, 2.75) is 32.7 Å². The Labute approximate surface area is 173 Å². The topological polar surface area (TPSA) is 59.1 Å². The van der Waals surface area contributed by atoms with Gasteiger partial charge in [-0.05, 0) is 55.7 Å². The molecule has 8 heteroatoms. The first-order valence-electron chi connectivity index (χ1n) is 9.95. The molecule has 6 nitrogen and oxygen atoms in total. The van der Waals surface area contributed by atoms with Crippen molar-refractivity contribution in [3.8, 4) is 11.5 Å². The molecule has 0 N–H and O–H groups in total. The van der Waals surface area contributed by atoms with Gasteiger partial charge in [0.15, 0.2) is 11.5 Å². The number of nitrogens with zero attached hydrogens (tertiary/aromatic N) is 2. The molecule has 1 atom stereocenters. The highest BCUT2D eigenvalue weighted by Crippen LogP contribution is 2.42. The van der Waals surface area contributed by atoms with Crippen LogP contribution in [0.1, 0.15) is 37.4 Å². The van der Waals surface area contributed by atoms with Gasteiger partial charge in [0.25, 0.3) is 0 Å². The molecule has 2 heterocycles. The van der Waals surface area contributed by atoms with Crippen molar-refractivity contribution in [2.24, 2.45) is 0 Å². The lowest BCUT2D eigenvalue weighted by atomic mass is 9.88. The number of hydrogen-bond acceptors (Lipinski definition) is 4. The molecule has 2 aromatic rings. The van der Waals surface area contributed by atoms with Crippen LogP contribution in [0, 0.1) is 11.6 Å². The second-order valence-corrected chi connectivity index (χ2v) is 7.13. The van der Waals surface area contributed by atoms with Gasteiger partial charge in [-0.25, -0.2) is 18.5 Å². The summed E-state index contributed by atoms with van der Waals surface area (Å²) >= 11 is 0. The van der Waals surface area contributed by atoms with E-state index in [1.807, 2.05) is 26.0 Å². The number of hydrogen-bond donors (Lipinski definition) is 0. The molecule has 30 heavy (non-hydrogen) atoms. The third-order valence-electron chi connectivity index (χ3n) is 5.37. The fourth-order valence-corrected chi connectivity index (χ4v) is 4.09. The summed E-state index contributed by atoms with van der Waals surface area (Å²) in [5, 5.41) is 0. The smallest absolute Gasteiger partial charge is 0.331 e. The van der Waals surface area contributed by atoms with E-state index < -0.39 is 29.6 Å². The molecule has 1 fully saturated rings. The van der Waals surface area contributed by atoms with Crippen LogP contribution < -0.4 is 14.4 Å². The zero-order chi connectivity index (χ0) is 21.4. The summed E-state index contributed by atoms with van der Waals surface area (Å²) in [7, 11) is 0. The van der Waals surface area contributed by atoms with Crippen LogP contribution in [0.5, 0.6) is 11.5 Å². The predicted octanol–water partition coefficient (Wildman–Crippen LogP) is 4.22. The lowest BCUT2D eigenvalue weighted by Crippen LogP contribution is -2.56. The summed E-state index contributed by atoms with van der Waals surface area (Å²) < 4.78 is 38.9. The van der Waals surface area contributed by atoms with Crippen LogP contribution >= 0.6 is 0 Å². The standard InChI is InChI=1S/C22H22F2N2O4/c1-3-29-19-9-13-7-8-25-18(15(13)11-20(19)30-4-2)12-21(27)26(22(25)28)17-6-5-14(23)10-16(17)24/h5-6,9-11,18H,3-4,7-8,12H2,1-2H3/t18-/m0/s1. The number of ether oxygens (including phenoxy) is 2. The van der Waals surface area contributed by atoms with E-state index in [2.05, 4.69) is 0 Å². The van der Waals surface area contributed by atoms with Gasteiger partial charge in [-0.15, -0.1) is 0 Å². The SMILES string of the molecule is CCOc1cc2c(cc1OCC)[C@@H]1CC(=O)N(c3ccc(F)cc3F)C(=O)N1CC2. The molecule has 0 aliphatic carbocycles. The lowest BCUT2D eigenvalue weighted by molar-refractivity contribution is -0.120. The van der Waals surface area contributed by atoms with Crippen LogP contribution in [0.3, 0.4) is 0 Å². The molecular formula is C22H22F2N2O4. The van der Waals surface area contributed by atoms with Crippen molar-refractivity contribution in [3.63, 3.8) is 0 Å². The first-order valence-corrected chi connectivity index (χ1v) is 9.95. The lowest BCUT2D eigenvalue weighted by Gasteiger charge is -2.43. The average Bonchev–Trinajstić information content (AvgIpc) is 2.70. The highest BCUT2D eigenvalue weighted by molar-refractivity contribution is 6.16. The van der Waals surface area contributed by atoms with E-state index >= 15 is 0 Å². The van der Waals surface area contributed by atoms with E-state index in [-0.39, 0.29) is 12.1 Å². The Kier molecular flexibility index (Phi) is 5.32. The molecule has 4 rings (SSSR count). The van der Waals surface area contributed by atoms with E-state index in [1.165, 1.54) is 0 Å². The summed E-state index contributed by atoms with van der Waals surface area (Å²) in [5.41, 5.74) is 1.58. The Bertz CT molecular complexity index is 1010. The van der Waals surface area contributed by atoms with Gasteiger partial charge in [0.05, 0.1) is 31.4 Å². The molecule has 0 aromatic heterocycles. The minimum Gasteiger partial charge on any atom is -0.490 e. The molecule has 1 saturated heterocycles. The van der Waals surface area contributed by atoms with Gasteiger partial charge in [-0.2, -0.15) is 0 Å². The Morgan fingerprint density at radius 2 is 1.73 bits per heavy atom. The maximum absolute atomic E-state index is 14.3. The largest absolute Gasteiger partial charge is 0.490 e. The van der Waals surface area contributed by atoms with Gasteiger partial charge in [0.1, 0.15) is 11.6 Å². The van der Waals surface area contributed by atoms with E-state index in [4.69, 9.17) is 9.47 Å². The third kappa shape index (κ3) is 3.36. The number of benzene rings is 2. The number of rotatable bonds is 5. The number of fused-ring (bicyclic) bond motifs is 3. The second kappa shape index (κ2) is 7.93. The molecule has 2 aliphatic rings. The molecule has 0 bridgehead atoms. The van der Waals surface area contributed by atoms with Crippen molar-refractivity contribution in [3.05, 3.63) is 53.1 Å². The van der Waals surface area contributed by atoms with E-state index in [1.54, 1.807) is 4.90 Å². The van der Waals surface area contributed by atoms with Crippen LogP contribution in [-0.4, -0.2) is 36.6 Å². The fourth-order valence-electron chi connectivity index (χ4n) is 4.09. The number of carbonyl (C=O) groups excluding carboxylic acids is 2.